The van der Waals surface area contributed by atoms with Crippen LogP contribution < -0.4 is 0 Å². The maximum Gasteiger partial charge on any atom is 0.273 e. The SMILES string of the molecule is Cc1ccc(C(=O)N(C)CCCCCO)cc1[N+](=O)[O-]. The van der Waals surface area contributed by atoms with Gasteiger partial charge in [-0.25, -0.2) is 0 Å². The Bertz CT molecular complexity index is 488. The predicted molar refractivity (Wildman–Crippen MR) is 75.7 cm³/mol. The van der Waals surface area contributed by atoms with Gasteiger partial charge >= 0.3 is 0 Å². The molecule has 1 aromatic rings. The Morgan fingerprint density at radius 3 is 2.65 bits per heavy atom. The quantitative estimate of drug-likeness (QED) is 0.471. The zero-order valence-electron chi connectivity index (χ0n) is 11.8. The van der Waals surface area contributed by atoms with Crippen LogP contribution in [-0.4, -0.2) is 41.0 Å². The third-order valence-electron chi connectivity index (χ3n) is 3.15. The van der Waals surface area contributed by atoms with Crippen molar-refractivity contribution in [3.05, 3.63) is 39.4 Å². The van der Waals surface area contributed by atoms with Gasteiger partial charge in [-0.05, 0) is 32.3 Å². The third-order valence-corrected chi connectivity index (χ3v) is 3.15. The number of rotatable bonds is 7. The standard InChI is InChI=1S/C14H20N2O4/c1-11-6-7-12(10-13(11)16(19)20)14(18)15(2)8-4-3-5-9-17/h6-7,10,17H,3-5,8-9H2,1-2H3. The molecule has 110 valence electrons. The molecular formula is C14H20N2O4. The highest BCUT2D eigenvalue weighted by atomic mass is 16.6. The Hall–Kier alpha value is -1.95. The fourth-order valence-electron chi connectivity index (χ4n) is 1.90. The van der Waals surface area contributed by atoms with Gasteiger partial charge in [0.1, 0.15) is 0 Å². The summed E-state index contributed by atoms with van der Waals surface area (Å²) >= 11 is 0. The van der Waals surface area contributed by atoms with Gasteiger partial charge in [0, 0.05) is 37.4 Å². The number of carbonyl (C=O) groups excluding carboxylic acids is 1. The number of amides is 1. The monoisotopic (exact) mass is 280 g/mol. The number of nitro groups is 1. The topological polar surface area (TPSA) is 83.7 Å². The van der Waals surface area contributed by atoms with Crippen molar-refractivity contribution in [2.24, 2.45) is 0 Å². The van der Waals surface area contributed by atoms with E-state index in [-0.39, 0.29) is 18.2 Å². The molecular weight excluding hydrogens is 260 g/mol. The lowest BCUT2D eigenvalue weighted by molar-refractivity contribution is -0.385. The molecule has 0 radical (unpaired) electrons. The molecule has 0 atom stereocenters. The van der Waals surface area contributed by atoms with Crippen molar-refractivity contribution in [2.75, 3.05) is 20.2 Å². The number of benzene rings is 1. The lowest BCUT2D eigenvalue weighted by atomic mass is 10.1. The number of nitrogens with zero attached hydrogens (tertiary/aromatic N) is 2. The molecule has 0 saturated heterocycles. The molecule has 20 heavy (non-hydrogen) atoms. The van der Waals surface area contributed by atoms with Gasteiger partial charge < -0.3 is 10.0 Å². The number of hydrogen-bond donors (Lipinski definition) is 1. The van der Waals surface area contributed by atoms with Crippen LogP contribution in [0.1, 0.15) is 35.2 Å². The Labute approximate surface area is 118 Å². The lowest BCUT2D eigenvalue weighted by Gasteiger charge is -2.17. The molecule has 0 bridgehead atoms. The van der Waals surface area contributed by atoms with Gasteiger partial charge in [0.25, 0.3) is 11.6 Å². The summed E-state index contributed by atoms with van der Waals surface area (Å²) in [6.45, 7) is 2.37. The van der Waals surface area contributed by atoms with E-state index in [1.807, 2.05) is 0 Å². The summed E-state index contributed by atoms with van der Waals surface area (Å²) in [4.78, 5) is 24.1. The molecule has 1 N–H and O–H groups in total. The molecule has 0 unspecified atom stereocenters. The first kappa shape index (κ1) is 16.1. The van der Waals surface area contributed by atoms with E-state index in [0.29, 0.717) is 17.7 Å². The highest BCUT2D eigenvalue weighted by Crippen LogP contribution is 2.20. The predicted octanol–water partition coefficient (Wildman–Crippen LogP) is 2.14. The molecule has 0 spiro atoms. The van der Waals surface area contributed by atoms with Crippen molar-refractivity contribution in [3.8, 4) is 0 Å². The molecule has 1 amide bonds. The molecule has 1 aromatic carbocycles. The van der Waals surface area contributed by atoms with Crippen LogP contribution >= 0.6 is 0 Å². The summed E-state index contributed by atoms with van der Waals surface area (Å²) < 4.78 is 0. The fourth-order valence-corrected chi connectivity index (χ4v) is 1.90. The zero-order chi connectivity index (χ0) is 15.1. The van der Waals surface area contributed by atoms with Crippen molar-refractivity contribution in [2.45, 2.75) is 26.2 Å². The highest BCUT2D eigenvalue weighted by molar-refractivity contribution is 5.94. The Morgan fingerprint density at radius 2 is 2.05 bits per heavy atom. The number of unbranched alkanes of at least 4 members (excludes halogenated alkanes) is 2. The molecule has 0 aliphatic rings. The fraction of sp³-hybridized carbons (Fsp3) is 0.500. The molecule has 0 fully saturated rings. The maximum absolute atomic E-state index is 12.1. The molecule has 0 saturated carbocycles. The van der Waals surface area contributed by atoms with E-state index in [1.165, 1.54) is 6.07 Å². The molecule has 0 aliphatic carbocycles. The van der Waals surface area contributed by atoms with Crippen LogP contribution in [0.4, 0.5) is 5.69 Å². The van der Waals surface area contributed by atoms with Crippen molar-refractivity contribution in [1.82, 2.24) is 4.90 Å². The van der Waals surface area contributed by atoms with Gasteiger partial charge in [0.2, 0.25) is 0 Å². The van der Waals surface area contributed by atoms with Crippen LogP contribution in [0, 0.1) is 17.0 Å². The minimum Gasteiger partial charge on any atom is -0.396 e. The van der Waals surface area contributed by atoms with Gasteiger partial charge in [-0.15, -0.1) is 0 Å². The number of nitro benzene ring substituents is 1. The molecule has 1 rings (SSSR count). The number of aliphatic hydroxyl groups excluding tert-OH is 1. The van der Waals surface area contributed by atoms with Gasteiger partial charge in [0.15, 0.2) is 0 Å². The van der Waals surface area contributed by atoms with Crippen LogP contribution in [0.3, 0.4) is 0 Å². The average Bonchev–Trinajstić information content (AvgIpc) is 2.42. The number of hydrogen-bond acceptors (Lipinski definition) is 4. The van der Waals surface area contributed by atoms with E-state index in [1.54, 1.807) is 31.0 Å². The summed E-state index contributed by atoms with van der Waals surface area (Å²) in [5, 5.41) is 19.6. The van der Waals surface area contributed by atoms with E-state index in [4.69, 9.17) is 5.11 Å². The van der Waals surface area contributed by atoms with Crippen LogP contribution in [-0.2, 0) is 0 Å². The average molecular weight is 280 g/mol. The van der Waals surface area contributed by atoms with E-state index in [0.717, 1.165) is 19.3 Å². The second kappa shape index (κ2) is 7.59. The Balaban J connectivity index is 2.71. The molecule has 6 nitrogen and oxygen atoms in total. The van der Waals surface area contributed by atoms with Crippen molar-refractivity contribution < 1.29 is 14.8 Å². The second-order valence-corrected chi connectivity index (χ2v) is 4.77. The number of carbonyl (C=O) groups is 1. The normalized spacial score (nSPS) is 10.3. The van der Waals surface area contributed by atoms with Gasteiger partial charge in [0.05, 0.1) is 4.92 Å². The van der Waals surface area contributed by atoms with Gasteiger partial charge in [-0.2, -0.15) is 0 Å². The van der Waals surface area contributed by atoms with Crippen LogP contribution in [0.2, 0.25) is 0 Å². The summed E-state index contributed by atoms with van der Waals surface area (Å²) in [6, 6.07) is 4.52. The molecule has 0 aliphatic heterocycles. The maximum atomic E-state index is 12.1. The third kappa shape index (κ3) is 4.31. The largest absolute Gasteiger partial charge is 0.396 e. The first-order valence-corrected chi connectivity index (χ1v) is 6.58. The van der Waals surface area contributed by atoms with E-state index < -0.39 is 4.92 Å². The van der Waals surface area contributed by atoms with Crippen LogP contribution in [0.25, 0.3) is 0 Å². The summed E-state index contributed by atoms with van der Waals surface area (Å²) in [5.74, 6) is -0.225. The zero-order valence-corrected chi connectivity index (χ0v) is 11.8. The first-order valence-electron chi connectivity index (χ1n) is 6.58. The van der Waals surface area contributed by atoms with Crippen LogP contribution in [0.15, 0.2) is 18.2 Å². The number of aryl methyl sites for hydroxylation is 1. The highest BCUT2D eigenvalue weighted by Gasteiger charge is 2.17. The Kier molecular flexibility index (Phi) is 6.11. The van der Waals surface area contributed by atoms with Gasteiger partial charge in [-0.3, -0.25) is 14.9 Å². The van der Waals surface area contributed by atoms with E-state index >= 15 is 0 Å². The summed E-state index contributed by atoms with van der Waals surface area (Å²) in [5.41, 5.74) is 0.827. The summed E-state index contributed by atoms with van der Waals surface area (Å²) in [6.07, 6.45) is 2.37. The molecule has 6 heteroatoms. The second-order valence-electron chi connectivity index (χ2n) is 4.77. The summed E-state index contributed by atoms with van der Waals surface area (Å²) in [7, 11) is 1.67. The van der Waals surface area contributed by atoms with Crippen molar-refractivity contribution in [3.63, 3.8) is 0 Å². The molecule has 0 heterocycles. The lowest BCUT2D eigenvalue weighted by Crippen LogP contribution is -2.27. The van der Waals surface area contributed by atoms with Crippen molar-refractivity contribution >= 4 is 11.6 Å². The van der Waals surface area contributed by atoms with E-state index in [2.05, 4.69) is 0 Å². The molecule has 0 aromatic heterocycles. The minimum atomic E-state index is -0.479. The van der Waals surface area contributed by atoms with Crippen LogP contribution in [0.5, 0.6) is 0 Å². The first-order chi connectivity index (χ1) is 9.47. The van der Waals surface area contributed by atoms with Gasteiger partial charge in [-0.1, -0.05) is 6.07 Å². The smallest absolute Gasteiger partial charge is 0.273 e. The number of aliphatic hydroxyl groups is 1. The minimum absolute atomic E-state index is 0.0375. The van der Waals surface area contributed by atoms with Crippen molar-refractivity contribution in [1.29, 1.82) is 0 Å². The Morgan fingerprint density at radius 1 is 1.35 bits per heavy atom. The van der Waals surface area contributed by atoms with E-state index in [9.17, 15) is 14.9 Å².